The summed E-state index contributed by atoms with van der Waals surface area (Å²) in [5.74, 6) is -0.296. The number of nitrogens with one attached hydrogen (secondary N) is 1. The lowest BCUT2D eigenvalue weighted by Crippen LogP contribution is -2.55. The van der Waals surface area contributed by atoms with Gasteiger partial charge in [0.1, 0.15) is 11.3 Å². The fourth-order valence-electron chi connectivity index (χ4n) is 4.05. The maximum Gasteiger partial charge on any atom is 0.417 e. The number of alkyl halides is 3. The summed E-state index contributed by atoms with van der Waals surface area (Å²) in [6.45, 7) is 3.76. The van der Waals surface area contributed by atoms with E-state index in [1.165, 1.54) is 17.2 Å². The predicted octanol–water partition coefficient (Wildman–Crippen LogP) is 4.43. The largest absolute Gasteiger partial charge is 0.465 e. The van der Waals surface area contributed by atoms with Crippen LogP contribution in [0.3, 0.4) is 0 Å². The number of imidazole rings is 1. The number of likely N-dealkylation sites (tertiary alicyclic amines) is 1. The van der Waals surface area contributed by atoms with Crippen molar-refractivity contribution >= 4 is 23.3 Å². The minimum absolute atomic E-state index is 0.0651. The monoisotopic (exact) mass is 500 g/mol. The predicted molar refractivity (Wildman–Crippen MR) is 120 cm³/mol. The summed E-state index contributed by atoms with van der Waals surface area (Å²) in [6, 6.07) is 6.89. The van der Waals surface area contributed by atoms with Crippen molar-refractivity contribution in [3.63, 3.8) is 0 Å². The van der Waals surface area contributed by atoms with Gasteiger partial charge in [0.15, 0.2) is 0 Å². The third-order valence-electron chi connectivity index (χ3n) is 6.28. The molecule has 0 spiro atoms. The number of rotatable bonds is 4. The molecule has 4 heterocycles. The number of hydrogen-bond donors (Lipinski definition) is 2. The number of amides is 2. The summed E-state index contributed by atoms with van der Waals surface area (Å²) in [4.78, 5) is 33.8. The molecule has 3 aromatic heterocycles. The molecule has 2 atom stereocenters. The van der Waals surface area contributed by atoms with Gasteiger partial charge in [0, 0.05) is 30.0 Å². The summed E-state index contributed by atoms with van der Waals surface area (Å²) in [6.07, 6.45) is -3.55. The van der Waals surface area contributed by atoms with Crippen LogP contribution in [0.25, 0.3) is 17.0 Å². The van der Waals surface area contributed by atoms with Crippen molar-refractivity contribution in [3.8, 4) is 11.4 Å². The third kappa shape index (κ3) is 4.01. The van der Waals surface area contributed by atoms with Crippen LogP contribution >= 0.6 is 0 Å². The van der Waals surface area contributed by atoms with Crippen LogP contribution in [0.2, 0.25) is 0 Å². The van der Waals surface area contributed by atoms with Crippen molar-refractivity contribution in [2.75, 3.05) is 11.9 Å². The molecule has 0 bridgehead atoms. The molecule has 1 aromatic carbocycles. The Labute approximate surface area is 201 Å². The number of carbonyl (C=O) groups excluding carboxylic acids is 1. The van der Waals surface area contributed by atoms with E-state index in [2.05, 4.69) is 20.4 Å². The van der Waals surface area contributed by atoms with Crippen molar-refractivity contribution in [1.29, 1.82) is 0 Å². The minimum Gasteiger partial charge on any atom is -0.465 e. The first-order chi connectivity index (χ1) is 17.0. The van der Waals surface area contributed by atoms with E-state index in [9.17, 15) is 22.8 Å². The van der Waals surface area contributed by atoms with E-state index in [1.54, 1.807) is 32.0 Å². The zero-order chi connectivity index (χ0) is 25.8. The van der Waals surface area contributed by atoms with Crippen LogP contribution in [0.15, 0.2) is 47.2 Å². The van der Waals surface area contributed by atoms with E-state index in [0.29, 0.717) is 22.7 Å². The quantitative estimate of drug-likeness (QED) is 0.425. The number of carboxylic acid groups (broad SMARTS) is 1. The van der Waals surface area contributed by atoms with E-state index >= 15 is 0 Å². The number of carbonyl (C=O) groups is 2. The first-order valence-electron chi connectivity index (χ1n) is 10.8. The molecular formula is C23H19F3N6O4. The van der Waals surface area contributed by atoms with Gasteiger partial charge in [-0.15, -0.1) is 0 Å². The Bertz CT molecular complexity index is 1490. The highest BCUT2D eigenvalue weighted by Crippen LogP contribution is 2.34. The summed E-state index contributed by atoms with van der Waals surface area (Å²) in [7, 11) is 0. The number of pyridine rings is 1. The van der Waals surface area contributed by atoms with Gasteiger partial charge >= 0.3 is 12.3 Å². The fraction of sp³-hybridized carbons (Fsp3) is 0.261. The number of halogens is 3. The Morgan fingerprint density at radius 3 is 2.69 bits per heavy atom. The molecule has 0 aliphatic carbocycles. The SMILES string of the molecule is Cc1ccc(-c2noc(C3CN(C(=O)O)C3C)n2)cc1NC(=O)c1cnc2ccc(C(F)(F)F)cn12. The molecule has 4 aromatic rings. The maximum absolute atomic E-state index is 13.1. The van der Waals surface area contributed by atoms with Gasteiger partial charge in [-0.25, -0.2) is 9.78 Å². The van der Waals surface area contributed by atoms with E-state index in [0.717, 1.165) is 16.7 Å². The lowest BCUT2D eigenvalue weighted by atomic mass is 9.90. The first-order valence-corrected chi connectivity index (χ1v) is 10.8. The molecule has 36 heavy (non-hydrogen) atoms. The lowest BCUT2D eigenvalue weighted by molar-refractivity contribution is -0.137. The van der Waals surface area contributed by atoms with Gasteiger partial charge in [0.25, 0.3) is 5.91 Å². The molecule has 13 heteroatoms. The summed E-state index contributed by atoms with van der Waals surface area (Å²) < 4.78 is 45.8. The van der Waals surface area contributed by atoms with Crippen LogP contribution in [0, 0.1) is 6.92 Å². The second-order valence-electron chi connectivity index (χ2n) is 8.51. The minimum atomic E-state index is -4.57. The van der Waals surface area contributed by atoms with Crippen molar-refractivity contribution in [1.82, 2.24) is 24.4 Å². The number of fused-ring (bicyclic) bond motifs is 1. The summed E-state index contributed by atoms with van der Waals surface area (Å²) >= 11 is 0. The highest BCUT2D eigenvalue weighted by Gasteiger charge is 2.43. The lowest BCUT2D eigenvalue weighted by Gasteiger charge is -2.42. The fourth-order valence-corrected chi connectivity index (χ4v) is 4.05. The number of nitrogens with zero attached hydrogens (tertiary/aromatic N) is 5. The molecule has 2 N–H and O–H groups in total. The standard InChI is InChI=1S/C23H19F3N6O4/c1-11-3-4-13(19-29-21(36-30-19)15-10-31(12(15)2)22(34)35)7-16(11)28-20(33)17-8-27-18-6-5-14(9-32(17)18)23(24,25)26/h3-9,12,15H,10H2,1-2H3,(H,28,33)(H,34,35). The van der Waals surface area contributed by atoms with E-state index in [1.807, 2.05) is 0 Å². The molecule has 1 fully saturated rings. The molecule has 0 radical (unpaired) electrons. The first kappa shape index (κ1) is 23.3. The second kappa shape index (κ2) is 8.36. The van der Waals surface area contributed by atoms with E-state index < -0.39 is 23.7 Å². The number of anilines is 1. The Hall–Kier alpha value is -4.42. The van der Waals surface area contributed by atoms with Gasteiger partial charge in [0.05, 0.1) is 17.7 Å². The number of aryl methyl sites for hydroxylation is 1. The summed E-state index contributed by atoms with van der Waals surface area (Å²) in [5.41, 5.74) is 0.866. The number of hydrogen-bond acceptors (Lipinski definition) is 6. The van der Waals surface area contributed by atoms with Crippen LogP contribution in [0.4, 0.5) is 23.7 Å². The molecular weight excluding hydrogens is 481 g/mol. The molecule has 1 saturated heterocycles. The molecule has 10 nitrogen and oxygen atoms in total. The van der Waals surface area contributed by atoms with Crippen LogP contribution < -0.4 is 5.32 Å². The number of aromatic nitrogens is 4. The number of benzene rings is 1. The average Bonchev–Trinajstić information content (AvgIpc) is 3.45. The van der Waals surface area contributed by atoms with Gasteiger partial charge in [-0.2, -0.15) is 18.2 Å². The van der Waals surface area contributed by atoms with Gasteiger partial charge in [-0.3, -0.25) is 9.20 Å². The molecule has 5 rings (SSSR count). The average molecular weight is 500 g/mol. The van der Waals surface area contributed by atoms with E-state index in [-0.39, 0.29) is 35.7 Å². The van der Waals surface area contributed by atoms with Crippen LogP contribution in [0.1, 0.15) is 40.3 Å². The highest BCUT2D eigenvalue weighted by molar-refractivity contribution is 6.04. The molecule has 0 saturated carbocycles. The smallest absolute Gasteiger partial charge is 0.417 e. The van der Waals surface area contributed by atoms with Crippen molar-refractivity contribution in [2.24, 2.45) is 0 Å². The molecule has 2 amide bonds. The van der Waals surface area contributed by atoms with E-state index in [4.69, 9.17) is 9.63 Å². The topological polar surface area (TPSA) is 126 Å². The second-order valence-corrected chi connectivity index (χ2v) is 8.51. The van der Waals surface area contributed by atoms with Crippen molar-refractivity contribution < 1.29 is 32.4 Å². The molecule has 1 aliphatic heterocycles. The highest BCUT2D eigenvalue weighted by atomic mass is 19.4. The third-order valence-corrected chi connectivity index (χ3v) is 6.28. The van der Waals surface area contributed by atoms with Crippen LogP contribution in [-0.2, 0) is 6.18 Å². The van der Waals surface area contributed by atoms with Crippen LogP contribution in [-0.4, -0.2) is 54.1 Å². The zero-order valence-corrected chi connectivity index (χ0v) is 18.9. The molecule has 1 aliphatic rings. The summed E-state index contributed by atoms with van der Waals surface area (Å²) in [5, 5.41) is 15.8. The molecule has 186 valence electrons. The van der Waals surface area contributed by atoms with Gasteiger partial charge < -0.3 is 19.8 Å². The van der Waals surface area contributed by atoms with Crippen molar-refractivity contribution in [2.45, 2.75) is 32.0 Å². The zero-order valence-electron chi connectivity index (χ0n) is 18.9. The van der Waals surface area contributed by atoms with Gasteiger partial charge in [-0.1, -0.05) is 17.3 Å². The maximum atomic E-state index is 13.1. The molecule has 2 unspecified atom stereocenters. The Morgan fingerprint density at radius 2 is 2.00 bits per heavy atom. The van der Waals surface area contributed by atoms with Crippen molar-refractivity contribution in [3.05, 3.63) is 65.4 Å². The van der Waals surface area contributed by atoms with Gasteiger partial charge in [-0.05, 0) is 37.6 Å². The van der Waals surface area contributed by atoms with Gasteiger partial charge in [0.2, 0.25) is 11.7 Å². The Balaban J connectivity index is 1.38. The Kier molecular flexibility index (Phi) is 5.42. The normalized spacial score (nSPS) is 17.8. The Morgan fingerprint density at radius 1 is 1.22 bits per heavy atom. The van der Waals surface area contributed by atoms with Crippen LogP contribution in [0.5, 0.6) is 0 Å².